The number of pyridine rings is 1. The van der Waals surface area contributed by atoms with Crippen molar-refractivity contribution < 1.29 is 0 Å². The summed E-state index contributed by atoms with van der Waals surface area (Å²) in [5, 5.41) is 0. The van der Waals surface area contributed by atoms with E-state index in [9.17, 15) is 0 Å². The summed E-state index contributed by atoms with van der Waals surface area (Å²) in [6.07, 6.45) is 5.91. The fourth-order valence-corrected chi connectivity index (χ4v) is 3.81. The number of aromatic nitrogens is 1. The molecule has 4 heteroatoms. The molecule has 3 nitrogen and oxygen atoms in total. The second kappa shape index (κ2) is 5.91. The number of aryl methyl sites for hydroxylation is 2. The maximum atomic E-state index is 5.96. The number of nitrogens with two attached hydrogens (primary N) is 1. The zero-order valence-electron chi connectivity index (χ0n) is 13.1. The van der Waals surface area contributed by atoms with Crippen molar-refractivity contribution in [3.63, 3.8) is 0 Å². The van der Waals surface area contributed by atoms with E-state index in [1.807, 2.05) is 0 Å². The maximum absolute atomic E-state index is 5.96. The number of anilines is 1. The zero-order valence-corrected chi connectivity index (χ0v) is 13.9. The van der Waals surface area contributed by atoms with Crippen LogP contribution in [-0.4, -0.2) is 23.1 Å². The first-order chi connectivity index (χ1) is 10.1. The Balaban J connectivity index is 1.86. The first-order valence-electron chi connectivity index (χ1n) is 8.14. The minimum atomic E-state index is 0.484. The number of hydrogen-bond donors (Lipinski definition) is 1. The Morgan fingerprint density at radius 3 is 2.67 bits per heavy atom. The van der Waals surface area contributed by atoms with Crippen LogP contribution >= 0.6 is 12.2 Å². The lowest BCUT2D eigenvalue weighted by Crippen LogP contribution is -2.37. The van der Waals surface area contributed by atoms with Crippen molar-refractivity contribution in [2.75, 3.05) is 18.0 Å². The minimum Gasteiger partial charge on any atom is -0.389 e. The van der Waals surface area contributed by atoms with E-state index in [0.717, 1.165) is 49.1 Å². The van der Waals surface area contributed by atoms with Gasteiger partial charge in [-0.1, -0.05) is 26.1 Å². The highest BCUT2D eigenvalue weighted by Crippen LogP contribution is 2.31. The lowest BCUT2D eigenvalue weighted by molar-refractivity contribution is 0.310. The van der Waals surface area contributed by atoms with E-state index in [2.05, 4.69) is 24.8 Å². The van der Waals surface area contributed by atoms with Crippen LogP contribution in [0.3, 0.4) is 0 Å². The maximum Gasteiger partial charge on any atom is 0.139 e. The number of thiocarbonyl (C=S) groups is 1. The number of fused-ring (bicyclic) bond motifs is 1. The van der Waals surface area contributed by atoms with Crippen LogP contribution in [0.4, 0.5) is 5.82 Å². The minimum absolute atomic E-state index is 0.484. The second-order valence-electron chi connectivity index (χ2n) is 6.75. The molecule has 1 fully saturated rings. The van der Waals surface area contributed by atoms with E-state index in [1.54, 1.807) is 0 Å². The molecule has 2 N–H and O–H groups in total. The van der Waals surface area contributed by atoms with Crippen molar-refractivity contribution in [3.8, 4) is 0 Å². The van der Waals surface area contributed by atoms with E-state index >= 15 is 0 Å². The third-order valence-corrected chi connectivity index (χ3v) is 5.30. The van der Waals surface area contributed by atoms with Crippen molar-refractivity contribution in [2.45, 2.75) is 46.0 Å². The highest BCUT2D eigenvalue weighted by Gasteiger charge is 2.26. The van der Waals surface area contributed by atoms with Crippen LogP contribution in [-0.2, 0) is 12.8 Å². The lowest BCUT2D eigenvalue weighted by Gasteiger charge is -2.35. The molecule has 1 aliphatic heterocycles. The first kappa shape index (κ1) is 14.8. The Kier molecular flexibility index (Phi) is 4.16. The predicted octanol–water partition coefficient (Wildman–Crippen LogP) is 3.08. The summed E-state index contributed by atoms with van der Waals surface area (Å²) in [7, 11) is 0. The SMILES string of the molecule is CC(C)C1CCN(c2nc3c(cc2C(N)=S)CCC3)CC1. The van der Waals surface area contributed by atoms with Crippen LogP contribution in [0.15, 0.2) is 6.07 Å². The van der Waals surface area contributed by atoms with Gasteiger partial charge in [0.25, 0.3) is 0 Å². The van der Waals surface area contributed by atoms with Gasteiger partial charge in [0.15, 0.2) is 0 Å². The summed E-state index contributed by atoms with van der Waals surface area (Å²) in [5.74, 6) is 2.64. The summed E-state index contributed by atoms with van der Waals surface area (Å²) >= 11 is 5.27. The molecule has 3 rings (SSSR count). The van der Waals surface area contributed by atoms with Gasteiger partial charge in [-0.05, 0) is 55.6 Å². The Morgan fingerprint density at radius 1 is 1.33 bits per heavy atom. The van der Waals surface area contributed by atoms with Gasteiger partial charge in [0.05, 0.1) is 5.56 Å². The third kappa shape index (κ3) is 2.91. The van der Waals surface area contributed by atoms with Crippen molar-refractivity contribution in [1.82, 2.24) is 4.98 Å². The molecule has 2 heterocycles. The molecule has 0 atom stereocenters. The monoisotopic (exact) mass is 303 g/mol. The van der Waals surface area contributed by atoms with Crippen molar-refractivity contribution in [1.29, 1.82) is 0 Å². The standard InChI is InChI=1S/C17H25N3S/c1-11(2)12-6-8-20(9-7-12)17-14(16(18)21)10-13-4-3-5-15(13)19-17/h10-12H,3-9H2,1-2H3,(H2,18,21). The molecule has 0 spiro atoms. The van der Waals surface area contributed by atoms with Gasteiger partial charge in [-0.25, -0.2) is 4.98 Å². The highest BCUT2D eigenvalue weighted by molar-refractivity contribution is 7.80. The van der Waals surface area contributed by atoms with Gasteiger partial charge in [-0.3, -0.25) is 0 Å². The molecule has 1 aliphatic carbocycles. The van der Waals surface area contributed by atoms with E-state index < -0.39 is 0 Å². The fraction of sp³-hybridized carbons (Fsp3) is 0.647. The van der Waals surface area contributed by atoms with Gasteiger partial charge in [-0.15, -0.1) is 0 Å². The molecule has 1 aromatic rings. The lowest BCUT2D eigenvalue weighted by atomic mass is 9.86. The molecule has 1 saturated heterocycles. The number of rotatable bonds is 3. The number of nitrogens with zero attached hydrogens (tertiary/aromatic N) is 2. The van der Waals surface area contributed by atoms with Crippen molar-refractivity contribution in [3.05, 3.63) is 22.9 Å². The van der Waals surface area contributed by atoms with Gasteiger partial charge in [-0.2, -0.15) is 0 Å². The normalized spacial score (nSPS) is 19.1. The third-order valence-electron chi connectivity index (χ3n) is 5.08. The molecule has 0 aromatic carbocycles. The molecule has 0 saturated carbocycles. The van der Waals surface area contributed by atoms with Gasteiger partial charge in [0.2, 0.25) is 0 Å². The molecule has 2 aliphatic rings. The largest absolute Gasteiger partial charge is 0.389 e. The van der Waals surface area contributed by atoms with Crippen LogP contribution in [0.5, 0.6) is 0 Å². The van der Waals surface area contributed by atoms with E-state index in [-0.39, 0.29) is 0 Å². The first-order valence-corrected chi connectivity index (χ1v) is 8.54. The Labute approximate surface area is 132 Å². The van der Waals surface area contributed by atoms with E-state index in [1.165, 1.54) is 30.5 Å². The molecule has 0 radical (unpaired) electrons. The van der Waals surface area contributed by atoms with Gasteiger partial charge < -0.3 is 10.6 Å². The average Bonchev–Trinajstić information content (AvgIpc) is 2.93. The van der Waals surface area contributed by atoms with Crippen LogP contribution in [0.25, 0.3) is 0 Å². The van der Waals surface area contributed by atoms with Crippen LogP contribution < -0.4 is 10.6 Å². The molecule has 21 heavy (non-hydrogen) atoms. The molecular formula is C17H25N3S. The Hall–Kier alpha value is -1.16. The highest BCUT2D eigenvalue weighted by atomic mass is 32.1. The number of hydrogen-bond acceptors (Lipinski definition) is 3. The molecule has 0 bridgehead atoms. The zero-order chi connectivity index (χ0) is 15.0. The summed E-state index contributed by atoms with van der Waals surface area (Å²) in [4.78, 5) is 7.81. The van der Waals surface area contributed by atoms with Crippen molar-refractivity contribution in [2.24, 2.45) is 17.6 Å². The average molecular weight is 303 g/mol. The fourth-order valence-electron chi connectivity index (χ4n) is 3.66. The van der Waals surface area contributed by atoms with Crippen LogP contribution in [0, 0.1) is 11.8 Å². The van der Waals surface area contributed by atoms with E-state index in [0.29, 0.717) is 4.99 Å². The summed E-state index contributed by atoms with van der Waals surface area (Å²) < 4.78 is 0. The van der Waals surface area contributed by atoms with Crippen LogP contribution in [0.1, 0.15) is 49.9 Å². The number of piperidine rings is 1. The molecule has 114 valence electrons. The van der Waals surface area contributed by atoms with E-state index in [4.69, 9.17) is 22.9 Å². The predicted molar refractivity (Wildman–Crippen MR) is 91.9 cm³/mol. The molecule has 1 aromatic heterocycles. The summed E-state index contributed by atoms with van der Waals surface area (Å²) in [6, 6.07) is 2.20. The second-order valence-corrected chi connectivity index (χ2v) is 7.19. The topological polar surface area (TPSA) is 42.2 Å². The van der Waals surface area contributed by atoms with Crippen LogP contribution in [0.2, 0.25) is 0 Å². The quantitative estimate of drug-likeness (QED) is 0.871. The molecule has 0 amide bonds. The summed E-state index contributed by atoms with van der Waals surface area (Å²) in [5.41, 5.74) is 9.54. The Bertz CT molecular complexity index is 545. The van der Waals surface area contributed by atoms with Gasteiger partial charge >= 0.3 is 0 Å². The molecule has 0 unspecified atom stereocenters. The van der Waals surface area contributed by atoms with Gasteiger partial charge in [0, 0.05) is 18.8 Å². The Morgan fingerprint density at radius 2 is 2.05 bits per heavy atom. The molecular weight excluding hydrogens is 278 g/mol. The summed E-state index contributed by atoms with van der Waals surface area (Å²) in [6.45, 7) is 6.80. The van der Waals surface area contributed by atoms with Crippen molar-refractivity contribution >= 4 is 23.0 Å². The van der Waals surface area contributed by atoms with Gasteiger partial charge in [0.1, 0.15) is 10.8 Å². The smallest absolute Gasteiger partial charge is 0.139 e.